The summed E-state index contributed by atoms with van der Waals surface area (Å²) in [4.78, 5) is 16.6. The molecule has 0 saturated carbocycles. The Morgan fingerprint density at radius 3 is 2.67 bits per heavy atom. The molecule has 172 valence electrons. The highest BCUT2D eigenvalue weighted by molar-refractivity contribution is 7.89. The second-order valence-corrected chi connectivity index (χ2v) is 9.78. The zero-order chi connectivity index (χ0) is 23.1. The van der Waals surface area contributed by atoms with Crippen molar-refractivity contribution in [1.82, 2.24) is 9.71 Å². The minimum absolute atomic E-state index is 0.0163. The number of carbonyl (C=O) groups is 1. The number of anilines is 1. The zero-order valence-electron chi connectivity index (χ0n) is 18.3. The maximum absolute atomic E-state index is 12.6. The molecule has 0 atom stereocenters. The molecule has 1 aromatic heterocycles. The molecule has 7 nitrogen and oxygen atoms in total. The van der Waals surface area contributed by atoms with Gasteiger partial charge in [0.2, 0.25) is 15.9 Å². The van der Waals surface area contributed by atoms with Gasteiger partial charge in [-0.05, 0) is 67.1 Å². The van der Waals surface area contributed by atoms with Gasteiger partial charge in [0, 0.05) is 42.7 Å². The van der Waals surface area contributed by atoms with Gasteiger partial charge in [0.1, 0.15) is 12.4 Å². The molecule has 0 radical (unpaired) electrons. The molecule has 0 fully saturated rings. The highest BCUT2D eigenvalue weighted by Crippen LogP contribution is 2.24. The molecule has 0 bridgehead atoms. The van der Waals surface area contributed by atoms with Crippen LogP contribution in [0.4, 0.5) is 5.69 Å². The molecule has 4 rings (SSSR count). The summed E-state index contributed by atoms with van der Waals surface area (Å²) in [7, 11) is -3.66. The number of hydrogen-bond acceptors (Lipinski definition) is 5. The van der Waals surface area contributed by atoms with Crippen LogP contribution in [0.25, 0.3) is 0 Å². The molecule has 0 spiro atoms. The first-order chi connectivity index (χ1) is 16.0. The van der Waals surface area contributed by atoms with E-state index in [2.05, 4.69) is 15.0 Å². The van der Waals surface area contributed by atoms with Gasteiger partial charge in [0.05, 0.1) is 4.90 Å². The van der Waals surface area contributed by atoms with Gasteiger partial charge >= 0.3 is 0 Å². The van der Waals surface area contributed by atoms with Gasteiger partial charge in [0.15, 0.2) is 0 Å². The average Bonchev–Trinajstić information content (AvgIpc) is 2.83. The van der Waals surface area contributed by atoms with E-state index < -0.39 is 10.0 Å². The van der Waals surface area contributed by atoms with Crippen LogP contribution >= 0.6 is 0 Å². The number of amides is 1. The number of aromatic nitrogens is 1. The van der Waals surface area contributed by atoms with E-state index in [1.165, 1.54) is 5.56 Å². The molecule has 1 heterocycles. The number of carbonyl (C=O) groups excluding carboxylic acids is 1. The molecule has 3 aromatic rings. The molecule has 0 saturated heterocycles. The molecule has 0 unspecified atom stereocenters. The molecule has 2 N–H and O–H groups in total. The minimum atomic E-state index is -3.66. The van der Waals surface area contributed by atoms with Crippen molar-refractivity contribution in [2.24, 2.45) is 0 Å². The predicted octanol–water partition coefficient (Wildman–Crippen LogP) is 3.85. The Kier molecular flexibility index (Phi) is 7.36. The van der Waals surface area contributed by atoms with Crippen molar-refractivity contribution in [3.05, 3.63) is 83.7 Å². The Morgan fingerprint density at radius 1 is 1.00 bits per heavy atom. The largest absolute Gasteiger partial charge is 0.489 e. The maximum Gasteiger partial charge on any atom is 0.240 e. The lowest BCUT2D eigenvalue weighted by molar-refractivity contribution is -0.116. The summed E-state index contributed by atoms with van der Waals surface area (Å²) in [6.45, 7) is 0.387. The van der Waals surface area contributed by atoms with Gasteiger partial charge < -0.3 is 10.1 Å². The molecule has 8 heteroatoms. The number of rotatable bonds is 9. The van der Waals surface area contributed by atoms with Crippen LogP contribution in [0.5, 0.6) is 5.75 Å². The normalized spacial score (nSPS) is 13.2. The van der Waals surface area contributed by atoms with Crippen LogP contribution < -0.4 is 14.8 Å². The first-order valence-electron chi connectivity index (χ1n) is 11.0. The van der Waals surface area contributed by atoms with Crippen molar-refractivity contribution in [3.8, 4) is 5.75 Å². The molecule has 33 heavy (non-hydrogen) atoms. The third-order valence-electron chi connectivity index (χ3n) is 5.52. The van der Waals surface area contributed by atoms with Crippen LogP contribution in [0.1, 0.15) is 36.0 Å². The number of nitrogens with one attached hydrogen (secondary N) is 2. The van der Waals surface area contributed by atoms with Crippen molar-refractivity contribution < 1.29 is 17.9 Å². The Labute approximate surface area is 194 Å². The van der Waals surface area contributed by atoms with E-state index in [-0.39, 0.29) is 23.8 Å². The lowest BCUT2D eigenvalue weighted by Crippen LogP contribution is -2.28. The van der Waals surface area contributed by atoms with Crippen LogP contribution in [0.2, 0.25) is 0 Å². The highest BCUT2D eigenvalue weighted by atomic mass is 32.2. The second kappa shape index (κ2) is 10.6. The topological polar surface area (TPSA) is 97.4 Å². The Morgan fingerprint density at radius 2 is 1.85 bits per heavy atom. The molecule has 2 aromatic carbocycles. The molecular weight excluding hydrogens is 438 g/mol. The Hall–Kier alpha value is -3.23. The Bertz CT molecular complexity index is 1210. The summed E-state index contributed by atoms with van der Waals surface area (Å²) in [5, 5.41) is 2.78. The van der Waals surface area contributed by atoms with Crippen LogP contribution in [-0.4, -0.2) is 25.9 Å². The lowest BCUT2D eigenvalue weighted by Gasteiger charge is -2.16. The second-order valence-electron chi connectivity index (χ2n) is 8.01. The highest BCUT2D eigenvalue weighted by Gasteiger charge is 2.18. The number of nitrogens with zero attached hydrogens (tertiary/aromatic N) is 1. The quantitative estimate of drug-likeness (QED) is 0.500. The van der Waals surface area contributed by atoms with Crippen molar-refractivity contribution in [3.63, 3.8) is 0 Å². The van der Waals surface area contributed by atoms with E-state index in [1.54, 1.807) is 48.8 Å². The predicted molar refractivity (Wildman–Crippen MR) is 127 cm³/mol. The number of hydrogen-bond donors (Lipinski definition) is 2. The molecule has 1 amide bonds. The van der Waals surface area contributed by atoms with Gasteiger partial charge in [-0.3, -0.25) is 9.78 Å². The van der Waals surface area contributed by atoms with Crippen LogP contribution in [-0.2, 0) is 34.3 Å². The van der Waals surface area contributed by atoms with Crippen molar-refractivity contribution in [2.45, 2.75) is 43.6 Å². The monoisotopic (exact) mass is 465 g/mol. The fraction of sp³-hybridized carbons (Fsp3) is 0.280. The lowest BCUT2D eigenvalue weighted by atomic mass is 9.92. The maximum atomic E-state index is 12.6. The summed E-state index contributed by atoms with van der Waals surface area (Å²) in [5.74, 6) is 0.331. The van der Waals surface area contributed by atoms with E-state index in [4.69, 9.17) is 4.74 Å². The summed E-state index contributed by atoms with van der Waals surface area (Å²) in [6, 6.07) is 16.1. The Balaban J connectivity index is 1.27. The summed E-state index contributed by atoms with van der Waals surface area (Å²) in [5.41, 5.74) is 3.86. The third kappa shape index (κ3) is 6.40. The number of benzene rings is 2. The average molecular weight is 466 g/mol. The van der Waals surface area contributed by atoms with Gasteiger partial charge in [-0.1, -0.05) is 18.2 Å². The van der Waals surface area contributed by atoms with Crippen molar-refractivity contribution in [1.29, 1.82) is 0 Å². The fourth-order valence-electron chi connectivity index (χ4n) is 3.80. The van der Waals surface area contributed by atoms with E-state index >= 15 is 0 Å². The zero-order valence-corrected chi connectivity index (χ0v) is 19.1. The van der Waals surface area contributed by atoms with Crippen molar-refractivity contribution in [2.75, 3.05) is 11.9 Å². The SMILES string of the molecule is O=C(CCNS(=O)(=O)c1ccc2c(c1)CCCC2)Nc1cccc(OCc2cccnc2)c1. The van der Waals surface area contributed by atoms with Crippen LogP contribution in [0, 0.1) is 0 Å². The first-order valence-corrected chi connectivity index (χ1v) is 12.5. The summed E-state index contributed by atoms with van der Waals surface area (Å²) < 4.78 is 33.5. The van der Waals surface area contributed by atoms with E-state index in [0.717, 1.165) is 36.8 Å². The molecule has 1 aliphatic carbocycles. The van der Waals surface area contributed by atoms with E-state index in [0.29, 0.717) is 18.0 Å². The third-order valence-corrected chi connectivity index (χ3v) is 6.98. The molecular formula is C25H27N3O4S. The van der Waals surface area contributed by atoms with Gasteiger partial charge in [-0.25, -0.2) is 13.1 Å². The minimum Gasteiger partial charge on any atom is -0.489 e. The fourth-order valence-corrected chi connectivity index (χ4v) is 4.88. The summed E-state index contributed by atoms with van der Waals surface area (Å²) in [6.07, 6.45) is 7.59. The number of aryl methyl sites for hydroxylation is 2. The van der Waals surface area contributed by atoms with Crippen LogP contribution in [0.3, 0.4) is 0 Å². The first kappa shape index (κ1) is 22.9. The van der Waals surface area contributed by atoms with Crippen LogP contribution in [0.15, 0.2) is 71.9 Å². The number of pyridine rings is 1. The molecule has 1 aliphatic rings. The van der Waals surface area contributed by atoms with Crippen molar-refractivity contribution >= 4 is 21.6 Å². The van der Waals surface area contributed by atoms with Gasteiger partial charge in [-0.15, -0.1) is 0 Å². The number of fused-ring (bicyclic) bond motifs is 1. The van der Waals surface area contributed by atoms with E-state index in [9.17, 15) is 13.2 Å². The number of ether oxygens (including phenoxy) is 1. The van der Waals surface area contributed by atoms with Gasteiger partial charge in [0.25, 0.3) is 0 Å². The van der Waals surface area contributed by atoms with Gasteiger partial charge in [-0.2, -0.15) is 0 Å². The molecule has 0 aliphatic heterocycles. The number of sulfonamides is 1. The standard InChI is InChI=1S/C25H27N3O4S/c29-25(28-22-8-3-9-23(16-22)32-18-19-5-4-13-26-17-19)12-14-27-33(30,31)24-11-10-20-6-1-2-7-21(20)15-24/h3-5,8-11,13,15-17,27H,1-2,6-7,12,14,18H2,(H,28,29). The smallest absolute Gasteiger partial charge is 0.240 e. The van der Waals surface area contributed by atoms with E-state index in [1.807, 2.05) is 18.2 Å². The summed E-state index contributed by atoms with van der Waals surface area (Å²) >= 11 is 0.